The molecule has 1 saturated heterocycles. The molecule has 3 nitrogen and oxygen atoms in total. The van der Waals surface area contributed by atoms with Gasteiger partial charge in [-0.15, -0.1) is 0 Å². The molecular formula is C14H16F3N3S. The van der Waals surface area contributed by atoms with Gasteiger partial charge < -0.3 is 9.88 Å². The van der Waals surface area contributed by atoms with Crippen LogP contribution >= 0.6 is 11.8 Å². The lowest BCUT2D eigenvalue weighted by Crippen LogP contribution is -2.39. The van der Waals surface area contributed by atoms with Crippen molar-refractivity contribution < 1.29 is 13.2 Å². The average Bonchev–Trinajstić information content (AvgIpc) is 2.75. The quantitative estimate of drug-likeness (QED) is 0.924. The van der Waals surface area contributed by atoms with Crippen LogP contribution in [0.15, 0.2) is 18.2 Å². The number of fused-ring (bicyclic) bond motifs is 1. The number of halogens is 3. The number of aryl methyl sites for hydroxylation is 1. The van der Waals surface area contributed by atoms with E-state index in [1.54, 1.807) is 0 Å². The summed E-state index contributed by atoms with van der Waals surface area (Å²) in [5.41, 5.74) is 0.498. The van der Waals surface area contributed by atoms with E-state index >= 15 is 0 Å². The van der Waals surface area contributed by atoms with Gasteiger partial charge in [-0.1, -0.05) is 0 Å². The van der Waals surface area contributed by atoms with Crippen LogP contribution in [-0.2, 0) is 19.6 Å². The van der Waals surface area contributed by atoms with Crippen molar-refractivity contribution in [3.05, 3.63) is 29.6 Å². The van der Waals surface area contributed by atoms with Gasteiger partial charge in [-0.05, 0) is 18.2 Å². The van der Waals surface area contributed by atoms with Gasteiger partial charge in [0.05, 0.1) is 16.6 Å². The molecule has 21 heavy (non-hydrogen) atoms. The van der Waals surface area contributed by atoms with Gasteiger partial charge in [-0.25, -0.2) is 4.98 Å². The summed E-state index contributed by atoms with van der Waals surface area (Å²) < 4.78 is 40.1. The summed E-state index contributed by atoms with van der Waals surface area (Å²) in [6.45, 7) is 0.970. The summed E-state index contributed by atoms with van der Waals surface area (Å²) in [6, 6.07) is 4.07. The fraction of sp³-hybridized carbons (Fsp3) is 0.500. The highest BCUT2D eigenvalue weighted by atomic mass is 32.2. The van der Waals surface area contributed by atoms with E-state index in [1.807, 2.05) is 23.4 Å². The molecule has 0 spiro atoms. The molecule has 2 aromatic rings. The Morgan fingerprint density at radius 1 is 1.43 bits per heavy atom. The molecule has 1 aliphatic rings. The molecule has 0 radical (unpaired) electrons. The molecule has 1 unspecified atom stereocenters. The number of alkyl halides is 3. The van der Waals surface area contributed by atoms with Crippen molar-refractivity contribution in [2.45, 2.75) is 18.6 Å². The number of thioether (sulfide) groups is 1. The minimum Gasteiger partial charge on any atom is -0.331 e. The van der Waals surface area contributed by atoms with Crippen molar-refractivity contribution in [3.63, 3.8) is 0 Å². The van der Waals surface area contributed by atoms with Crippen LogP contribution in [0, 0.1) is 0 Å². The molecule has 7 heteroatoms. The molecule has 114 valence electrons. The van der Waals surface area contributed by atoms with Gasteiger partial charge in [0.25, 0.3) is 0 Å². The summed E-state index contributed by atoms with van der Waals surface area (Å²) in [6.07, 6.45) is -3.59. The van der Waals surface area contributed by atoms with Gasteiger partial charge in [-0.3, -0.25) is 0 Å². The number of aromatic nitrogens is 2. The van der Waals surface area contributed by atoms with Gasteiger partial charge in [0, 0.05) is 37.6 Å². The number of hydrogen-bond donors (Lipinski definition) is 1. The van der Waals surface area contributed by atoms with Crippen LogP contribution in [0.25, 0.3) is 11.0 Å². The predicted molar refractivity (Wildman–Crippen MR) is 78.5 cm³/mol. The Bertz CT molecular complexity index is 645. The first kappa shape index (κ1) is 14.7. The molecular weight excluding hydrogens is 299 g/mol. The van der Waals surface area contributed by atoms with Gasteiger partial charge >= 0.3 is 6.18 Å². The molecule has 1 N–H and O–H groups in total. The van der Waals surface area contributed by atoms with Crippen LogP contribution in [-0.4, -0.2) is 33.6 Å². The maximum atomic E-state index is 12.7. The fourth-order valence-electron chi connectivity index (χ4n) is 2.58. The summed E-state index contributed by atoms with van der Waals surface area (Å²) in [5, 5.41) is 3.42. The highest BCUT2D eigenvalue weighted by molar-refractivity contribution is 7.99. The Balaban J connectivity index is 1.91. The van der Waals surface area contributed by atoms with Crippen molar-refractivity contribution in [1.82, 2.24) is 14.9 Å². The van der Waals surface area contributed by atoms with E-state index in [1.165, 1.54) is 6.07 Å². The van der Waals surface area contributed by atoms with Gasteiger partial charge in [0.1, 0.15) is 5.82 Å². The number of nitrogens with zero attached hydrogens (tertiary/aromatic N) is 2. The number of nitrogens with one attached hydrogen (secondary N) is 1. The highest BCUT2D eigenvalue weighted by Crippen LogP contribution is 2.31. The lowest BCUT2D eigenvalue weighted by molar-refractivity contribution is -0.137. The molecule has 1 aromatic heterocycles. The lowest BCUT2D eigenvalue weighted by Gasteiger charge is -2.22. The minimum absolute atomic E-state index is 0.335. The first-order valence-electron chi connectivity index (χ1n) is 6.79. The van der Waals surface area contributed by atoms with Gasteiger partial charge in [-0.2, -0.15) is 24.9 Å². The summed E-state index contributed by atoms with van der Waals surface area (Å²) in [4.78, 5) is 4.39. The monoisotopic (exact) mass is 315 g/mol. The molecule has 0 aliphatic carbocycles. The molecule has 1 aromatic carbocycles. The molecule has 0 amide bonds. The second kappa shape index (κ2) is 5.53. The number of imidazole rings is 1. The zero-order valence-corrected chi connectivity index (χ0v) is 12.4. The zero-order chi connectivity index (χ0) is 15.0. The smallest absolute Gasteiger partial charge is 0.331 e. The maximum absolute atomic E-state index is 12.7. The van der Waals surface area contributed by atoms with Crippen LogP contribution in [0.3, 0.4) is 0 Å². The zero-order valence-electron chi connectivity index (χ0n) is 11.6. The van der Waals surface area contributed by atoms with E-state index in [9.17, 15) is 13.2 Å². The largest absolute Gasteiger partial charge is 0.416 e. The summed E-state index contributed by atoms with van der Waals surface area (Å²) in [7, 11) is 1.86. The SMILES string of the molecule is Cn1c(CC2CSCCN2)nc2cc(C(F)(F)F)ccc21. The number of hydrogen-bond acceptors (Lipinski definition) is 3. The third kappa shape index (κ3) is 3.03. The third-order valence-electron chi connectivity index (χ3n) is 3.73. The van der Waals surface area contributed by atoms with E-state index in [4.69, 9.17) is 0 Å². The van der Waals surface area contributed by atoms with E-state index in [0.29, 0.717) is 11.6 Å². The fourth-order valence-corrected chi connectivity index (χ4v) is 3.53. The second-order valence-corrected chi connectivity index (χ2v) is 6.37. The van der Waals surface area contributed by atoms with Crippen molar-refractivity contribution >= 4 is 22.8 Å². The van der Waals surface area contributed by atoms with Crippen LogP contribution < -0.4 is 5.32 Å². The average molecular weight is 315 g/mol. The molecule has 3 rings (SSSR count). The topological polar surface area (TPSA) is 29.9 Å². The maximum Gasteiger partial charge on any atom is 0.416 e. The van der Waals surface area contributed by atoms with Crippen LogP contribution in [0.5, 0.6) is 0 Å². The lowest BCUT2D eigenvalue weighted by atomic mass is 10.2. The van der Waals surface area contributed by atoms with Crippen molar-refractivity contribution in [2.75, 3.05) is 18.1 Å². The molecule has 0 bridgehead atoms. The Labute approximate surface area is 124 Å². The Morgan fingerprint density at radius 3 is 2.90 bits per heavy atom. The van der Waals surface area contributed by atoms with Crippen molar-refractivity contribution in [3.8, 4) is 0 Å². The third-order valence-corrected chi connectivity index (χ3v) is 4.86. The minimum atomic E-state index is -4.33. The molecule has 1 aliphatic heterocycles. The van der Waals surface area contributed by atoms with E-state index < -0.39 is 11.7 Å². The molecule has 2 heterocycles. The Morgan fingerprint density at radius 2 is 2.24 bits per heavy atom. The molecule has 1 atom stereocenters. The molecule has 1 fully saturated rings. The van der Waals surface area contributed by atoms with E-state index in [-0.39, 0.29) is 0 Å². The summed E-state index contributed by atoms with van der Waals surface area (Å²) in [5.74, 6) is 2.94. The van der Waals surface area contributed by atoms with Crippen molar-refractivity contribution in [2.24, 2.45) is 7.05 Å². The summed E-state index contributed by atoms with van der Waals surface area (Å²) >= 11 is 1.89. The normalized spacial score (nSPS) is 20.1. The van der Waals surface area contributed by atoms with Crippen LogP contribution in [0.2, 0.25) is 0 Å². The predicted octanol–water partition coefficient (Wildman–Crippen LogP) is 2.84. The number of rotatable bonds is 2. The van der Waals surface area contributed by atoms with Gasteiger partial charge in [0.2, 0.25) is 0 Å². The standard InChI is InChI=1S/C14H16F3N3S/c1-20-12-3-2-9(14(15,16)17)6-11(12)19-13(20)7-10-8-21-5-4-18-10/h2-3,6,10,18H,4-5,7-8H2,1H3. The Kier molecular flexibility index (Phi) is 3.88. The van der Waals surface area contributed by atoms with Gasteiger partial charge in [0.15, 0.2) is 0 Å². The first-order chi connectivity index (χ1) is 9.95. The van der Waals surface area contributed by atoms with Crippen molar-refractivity contribution in [1.29, 1.82) is 0 Å². The van der Waals surface area contributed by atoms with Crippen LogP contribution in [0.4, 0.5) is 13.2 Å². The van der Waals surface area contributed by atoms with Crippen LogP contribution in [0.1, 0.15) is 11.4 Å². The highest BCUT2D eigenvalue weighted by Gasteiger charge is 2.31. The van der Waals surface area contributed by atoms with E-state index in [0.717, 1.165) is 47.9 Å². The second-order valence-electron chi connectivity index (χ2n) is 5.22. The number of benzene rings is 1. The first-order valence-corrected chi connectivity index (χ1v) is 7.94. The Hall–Kier alpha value is -1.21. The van der Waals surface area contributed by atoms with E-state index in [2.05, 4.69) is 10.3 Å². The molecule has 0 saturated carbocycles.